The van der Waals surface area contributed by atoms with Gasteiger partial charge in [-0.2, -0.15) is 0 Å². The first-order valence-corrected chi connectivity index (χ1v) is 16.7. The molecule has 1 heterocycles. The Hall–Kier alpha value is -3.78. The van der Waals surface area contributed by atoms with Crippen molar-refractivity contribution in [3.63, 3.8) is 0 Å². The number of ether oxygens (including phenoxy) is 1. The zero-order chi connectivity index (χ0) is 32.7. The van der Waals surface area contributed by atoms with Crippen LogP contribution in [0, 0.1) is 17.3 Å². The number of hydrogen-bond donors (Lipinski definition) is 4. The minimum atomic E-state index is -0.808. The number of benzene rings is 3. The van der Waals surface area contributed by atoms with Gasteiger partial charge in [-0.15, -0.1) is 0 Å². The van der Waals surface area contributed by atoms with Crippen molar-refractivity contribution >= 4 is 33.4 Å². The summed E-state index contributed by atoms with van der Waals surface area (Å²) < 4.78 is 5.58. The largest absolute Gasteiger partial charge is 0.427 e. The molecule has 46 heavy (non-hydrogen) atoms. The molecule has 4 aromatic rings. The lowest BCUT2D eigenvalue weighted by Gasteiger charge is -2.25. The molecule has 5 rings (SSSR count). The van der Waals surface area contributed by atoms with Gasteiger partial charge < -0.3 is 25.7 Å². The lowest BCUT2D eigenvalue weighted by atomic mass is 9.84. The number of carbonyl (C=O) groups excluding carboxylic acids is 2. The molecule has 3 aromatic carbocycles. The standard InChI is InChI=1S/C39H48N2O5/c1-39(2)37(44)32(33(38(39)45)19-17-30(42)16-14-26-13-15-27-9-7-8-10-28(27)23-26)11-5-3-4-6-12-36(43)46-31-18-20-35-34(24-31)29(21-22-40)25-41-35/h3,5,7-10,13,15,18,20,23-25,30,32-33,38,41-42,45H,4,6,11-12,14,16-17,19,21-22,40H2,1-2H3/b5-3-/t30?,32-,33-,38?/m1/s1. The molecule has 0 bridgehead atoms. The van der Waals surface area contributed by atoms with E-state index in [1.807, 2.05) is 56.5 Å². The van der Waals surface area contributed by atoms with E-state index in [-0.39, 0.29) is 23.6 Å². The van der Waals surface area contributed by atoms with Crippen LogP contribution < -0.4 is 10.5 Å². The fraction of sp³-hybridized carbons (Fsp3) is 0.436. The first-order valence-electron chi connectivity index (χ1n) is 16.7. The van der Waals surface area contributed by atoms with Crippen LogP contribution in [0.1, 0.15) is 69.9 Å². The van der Waals surface area contributed by atoms with E-state index in [0.29, 0.717) is 57.2 Å². The summed E-state index contributed by atoms with van der Waals surface area (Å²) in [5.74, 6) is -0.153. The Balaban J connectivity index is 1.06. The minimum Gasteiger partial charge on any atom is -0.427 e. The summed E-state index contributed by atoms with van der Waals surface area (Å²) in [5, 5.41) is 25.3. The highest BCUT2D eigenvalue weighted by molar-refractivity contribution is 5.90. The molecule has 0 aliphatic heterocycles. The van der Waals surface area contributed by atoms with Crippen LogP contribution in [-0.2, 0) is 22.4 Å². The number of ketones is 1. The maximum absolute atomic E-state index is 13.3. The van der Waals surface area contributed by atoms with Crippen LogP contribution in [0.3, 0.4) is 0 Å². The highest BCUT2D eigenvalue weighted by atomic mass is 16.5. The van der Waals surface area contributed by atoms with Crippen molar-refractivity contribution in [2.45, 2.75) is 83.8 Å². The number of hydrogen-bond acceptors (Lipinski definition) is 6. The number of esters is 1. The molecule has 0 amide bonds. The van der Waals surface area contributed by atoms with Gasteiger partial charge in [-0.05, 0) is 104 Å². The van der Waals surface area contributed by atoms with Gasteiger partial charge in [0, 0.05) is 34.9 Å². The number of unbranched alkanes of at least 4 members (excludes halogenated alkanes) is 1. The van der Waals surface area contributed by atoms with Crippen LogP contribution in [-0.4, -0.2) is 45.7 Å². The lowest BCUT2D eigenvalue weighted by molar-refractivity contribution is -0.134. The molecule has 7 heteroatoms. The van der Waals surface area contributed by atoms with Crippen molar-refractivity contribution in [3.8, 4) is 5.75 Å². The molecule has 5 N–H and O–H groups in total. The summed E-state index contributed by atoms with van der Waals surface area (Å²) in [6.45, 7) is 4.20. The lowest BCUT2D eigenvalue weighted by Crippen LogP contribution is -2.32. The molecule has 244 valence electrons. The first kappa shape index (κ1) is 33.6. The number of allylic oxidation sites excluding steroid dienone is 2. The smallest absolute Gasteiger partial charge is 0.311 e. The monoisotopic (exact) mass is 624 g/mol. The van der Waals surface area contributed by atoms with Crippen LogP contribution in [0.5, 0.6) is 5.75 Å². The van der Waals surface area contributed by atoms with Crippen LogP contribution in [0.25, 0.3) is 21.7 Å². The fourth-order valence-corrected chi connectivity index (χ4v) is 6.96. The van der Waals surface area contributed by atoms with Crippen molar-refractivity contribution in [1.29, 1.82) is 0 Å². The fourth-order valence-electron chi connectivity index (χ4n) is 6.96. The summed E-state index contributed by atoms with van der Waals surface area (Å²) in [5.41, 5.74) is 8.19. The summed E-state index contributed by atoms with van der Waals surface area (Å²) >= 11 is 0. The number of fused-ring (bicyclic) bond motifs is 2. The normalized spacial score (nSPS) is 20.2. The van der Waals surface area contributed by atoms with Crippen LogP contribution in [0.15, 0.2) is 79.0 Å². The average molecular weight is 625 g/mol. The topological polar surface area (TPSA) is 126 Å². The van der Waals surface area contributed by atoms with Crippen molar-refractivity contribution in [3.05, 3.63) is 90.1 Å². The van der Waals surface area contributed by atoms with Gasteiger partial charge in [0.15, 0.2) is 0 Å². The molecule has 1 fully saturated rings. The second kappa shape index (κ2) is 15.2. The van der Waals surface area contributed by atoms with Gasteiger partial charge in [0.05, 0.1) is 12.2 Å². The van der Waals surface area contributed by atoms with Gasteiger partial charge in [-0.3, -0.25) is 9.59 Å². The minimum absolute atomic E-state index is 0.0814. The van der Waals surface area contributed by atoms with Crippen LogP contribution >= 0.6 is 0 Å². The van der Waals surface area contributed by atoms with Gasteiger partial charge in [-0.1, -0.05) is 68.5 Å². The van der Waals surface area contributed by atoms with Crippen molar-refractivity contribution in [2.75, 3.05) is 6.54 Å². The van der Waals surface area contributed by atoms with E-state index >= 15 is 0 Å². The van der Waals surface area contributed by atoms with E-state index < -0.39 is 17.6 Å². The molecule has 1 aliphatic carbocycles. The summed E-state index contributed by atoms with van der Waals surface area (Å²) in [6.07, 6.45) is 10.2. The molecule has 1 aromatic heterocycles. The van der Waals surface area contributed by atoms with E-state index in [9.17, 15) is 19.8 Å². The Labute approximate surface area is 271 Å². The van der Waals surface area contributed by atoms with Gasteiger partial charge in [0.1, 0.15) is 11.5 Å². The zero-order valence-electron chi connectivity index (χ0n) is 27.1. The predicted molar refractivity (Wildman–Crippen MR) is 184 cm³/mol. The van der Waals surface area contributed by atoms with Crippen molar-refractivity contribution < 1.29 is 24.5 Å². The summed E-state index contributed by atoms with van der Waals surface area (Å²) in [4.78, 5) is 29.0. The quantitative estimate of drug-likeness (QED) is 0.0498. The zero-order valence-corrected chi connectivity index (χ0v) is 27.1. The molecule has 0 spiro atoms. The molecule has 7 nitrogen and oxygen atoms in total. The van der Waals surface area contributed by atoms with Gasteiger partial charge >= 0.3 is 5.97 Å². The number of nitrogens with one attached hydrogen (secondary N) is 1. The third kappa shape index (κ3) is 7.95. The number of aryl methyl sites for hydroxylation is 1. The molecule has 1 saturated carbocycles. The average Bonchev–Trinajstić information content (AvgIpc) is 3.51. The Bertz CT molecular complexity index is 1670. The second-order valence-electron chi connectivity index (χ2n) is 13.4. The SMILES string of the molecule is CC1(C)C(=O)[C@H](C/C=C\CCCC(=O)Oc2ccc3[nH]cc(CCN)c3c2)[C@@H](CCC(O)CCc2ccc3ccccc3c2)C1O. The molecular weight excluding hydrogens is 576 g/mol. The van der Waals surface area contributed by atoms with E-state index in [1.54, 1.807) is 6.07 Å². The third-order valence-corrected chi connectivity index (χ3v) is 9.74. The number of aliphatic hydroxyl groups excluding tert-OH is 2. The molecule has 2 unspecified atom stereocenters. The highest BCUT2D eigenvalue weighted by Gasteiger charge is 2.53. The van der Waals surface area contributed by atoms with Crippen molar-refractivity contribution in [1.82, 2.24) is 4.98 Å². The van der Waals surface area contributed by atoms with Crippen molar-refractivity contribution in [2.24, 2.45) is 23.0 Å². The molecule has 4 atom stereocenters. The Morgan fingerprint density at radius 1 is 1.04 bits per heavy atom. The third-order valence-electron chi connectivity index (χ3n) is 9.74. The van der Waals surface area contributed by atoms with Crippen LogP contribution in [0.2, 0.25) is 0 Å². The molecule has 0 radical (unpaired) electrons. The second-order valence-corrected chi connectivity index (χ2v) is 13.4. The number of aromatic amines is 1. The Morgan fingerprint density at radius 2 is 1.85 bits per heavy atom. The summed E-state index contributed by atoms with van der Waals surface area (Å²) in [7, 11) is 0. The number of H-pyrrole nitrogens is 1. The first-order chi connectivity index (χ1) is 22.2. The number of carbonyl (C=O) groups is 2. The predicted octanol–water partition coefficient (Wildman–Crippen LogP) is 6.82. The van der Waals surface area contributed by atoms with E-state index in [1.165, 1.54) is 16.3 Å². The maximum atomic E-state index is 13.3. The highest BCUT2D eigenvalue weighted by Crippen LogP contribution is 2.46. The number of rotatable bonds is 15. The van der Waals surface area contributed by atoms with E-state index in [4.69, 9.17) is 10.5 Å². The van der Waals surface area contributed by atoms with Gasteiger partial charge in [0.25, 0.3) is 0 Å². The summed E-state index contributed by atoms with van der Waals surface area (Å²) in [6, 6.07) is 20.2. The van der Waals surface area contributed by atoms with Gasteiger partial charge in [-0.25, -0.2) is 0 Å². The number of aromatic nitrogens is 1. The Morgan fingerprint density at radius 3 is 2.65 bits per heavy atom. The Kier molecular flexibility index (Phi) is 11.1. The molecular formula is C39H48N2O5. The van der Waals surface area contributed by atoms with Gasteiger partial charge in [0.2, 0.25) is 0 Å². The maximum Gasteiger partial charge on any atom is 0.311 e. The van der Waals surface area contributed by atoms with E-state index in [2.05, 4.69) is 35.3 Å². The number of Topliss-reactive ketones (excluding diaryl/α,β-unsaturated/α-hetero) is 1. The number of aliphatic hydroxyl groups is 2. The molecule has 0 saturated heterocycles. The van der Waals surface area contributed by atoms with E-state index in [0.717, 1.165) is 29.3 Å². The van der Waals surface area contributed by atoms with Crippen LogP contribution in [0.4, 0.5) is 0 Å². The molecule has 1 aliphatic rings. The number of nitrogens with two attached hydrogens (primary N) is 1.